The summed E-state index contributed by atoms with van der Waals surface area (Å²) in [5.74, 6) is 0.0156. The van der Waals surface area contributed by atoms with Crippen LogP contribution in [-0.4, -0.2) is 54.1 Å². The zero-order valence-electron chi connectivity index (χ0n) is 14.1. The summed E-state index contributed by atoms with van der Waals surface area (Å²) in [5.41, 5.74) is 2.62. The van der Waals surface area contributed by atoms with E-state index >= 15 is 0 Å². The molecule has 3 rings (SSSR count). The number of rotatable bonds is 5. The predicted molar refractivity (Wildman–Crippen MR) is 91.9 cm³/mol. The number of hydrogen-bond donors (Lipinski definition) is 0. The predicted octanol–water partition coefficient (Wildman–Crippen LogP) is 1.97. The first-order valence-corrected chi connectivity index (χ1v) is 8.06. The van der Waals surface area contributed by atoms with Crippen molar-refractivity contribution in [3.63, 3.8) is 0 Å². The molecule has 0 saturated carbocycles. The van der Waals surface area contributed by atoms with Gasteiger partial charge in [0, 0.05) is 52.0 Å². The summed E-state index contributed by atoms with van der Waals surface area (Å²) in [4.78, 5) is 24.7. The highest BCUT2D eigenvalue weighted by atomic mass is 16.5. The van der Waals surface area contributed by atoms with Crippen molar-refractivity contribution in [1.82, 2.24) is 14.9 Å². The third kappa shape index (κ3) is 3.71. The molecule has 1 fully saturated rings. The molecule has 2 aromatic heterocycles. The van der Waals surface area contributed by atoms with Crippen LogP contribution in [0.4, 0.5) is 5.69 Å². The summed E-state index contributed by atoms with van der Waals surface area (Å²) in [6, 6.07) is 5.74. The molecule has 0 aliphatic carbocycles. The minimum atomic E-state index is 0.0156. The van der Waals surface area contributed by atoms with Crippen LogP contribution in [0.15, 0.2) is 43.0 Å². The summed E-state index contributed by atoms with van der Waals surface area (Å²) in [7, 11) is 3.85. The Labute approximate surface area is 142 Å². The molecule has 126 valence electrons. The van der Waals surface area contributed by atoms with Crippen molar-refractivity contribution >= 4 is 11.6 Å². The van der Waals surface area contributed by atoms with Gasteiger partial charge < -0.3 is 14.5 Å². The highest BCUT2D eigenvalue weighted by Crippen LogP contribution is 2.22. The molecule has 6 nitrogen and oxygen atoms in total. The van der Waals surface area contributed by atoms with E-state index in [1.54, 1.807) is 24.8 Å². The van der Waals surface area contributed by atoms with Gasteiger partial charge in [-0.05, 0) is 30.2 Å². The van der Waals surface area contributed by atoms with Crippen molar-refractivity contribution in [2.45, 2.75) is 19.1 Å². The lowest BCUT2D eigenvalue weighted by Gasteiger charge is -2.21. The minimum absolute atomic E-state index is 0.0156. The van der Waals surface area contributed by atoms with Gasteiger partial charge in [-0.15, -0.1) is 0 Å². The Balaban J connectivity index is 1.60. The Bertz CT molecular complexity index is 690. The minimum Gasteiger partial charge on any atom is -0.377 e. The first-order chi connectivity index (χ1) is 11.6. The first kappa shape index (κ1) is 16.4. The average molecular weight is 326 g/mol. The number of likely N-dealkylation sites (tertiary alicyclic amines) is 1. The number of ether oxygens (including phenoxy) is 1. The van der Waals surface area contributed by atoms with Gasteiger partial charge in [-0.25, -0.2) is 0 Å². The van der Waals surface area contributed by atoms with E-state index in [9.17, 15) is 4.79 Å². The zero-order chi connectivity index (χ0) is 16.9. The Hall–Kier alpha value is -2.47. The molecule has 1 amide bonds. The first-order valence-electron chi connectivity index (χ1n) is 8.06. The van der Waals surface area contributed by atoms with Crippen LogP contribution in [0.1, 0.15) is 22.3 Å². The van der Waals surface area contributed by atoms with Gasteiger partial charge in [0.2, 0.25) is 0 Å². The number of carbonyl (C=O) groups excluding carboxylic acids is 1. The van der Waals surface area contributed by atoms with Crippen LogP contribution in [0.3, 0.4) is 0 Å². The van der Waals surface area contributed by atoms with Gasteiger partial charge in [0.1, 0.15) is 0 Å². The highest BCUT2D eigenvalue weighted by molar-refractivity contribution is 5.99. The van der Waals surface area contributed by atoms with E-state index in [-0.39, 0.29) is 12.0 Å². The summed E-state index contributed by atoms with van der Waals surface area (Å²) < 4.78 is 5.94. The molecule has 1 aliphatic heterocycles. The third-order valence-corrected chi connectivity index (χ3v) is 4.18. The molecule has 0 aromatic carbocycles. The number of aromatic nitrogens is 2. The summed E-state index contributed by atoms with van der Waals surface area (Å²) >= 11 is 0. The Morgan fingerprint density at radius 1 is 1.25 bits per heavy atom. The average Bonchev–Trinajstić information content (AvgIpc) is 3.09. The second-order valence-corrected chi connectivity index (χ2v) is 6.12. The molecule has 3 heterocycles. The molecule has 1 saturated heterocycles. The van der Waals surface area contributed by atoms with Gasteiger partial charge in [0.05, 0.1) is 24.0 Å². The Morgan fingerprint density at radius 3 is 2.75 bits per heavy atom. The maximum Gasteiger partial charge on any atom is 0.257 e. The molecule has 1 atom stereocenters. The number of carbonyl (C=O) groups is 1. The van der Waals surface area contributed by atoms with Crippen molar-refractivity contribution in [3.8, 4) is 0 Å². The zero-order valence-corrected chi connectivity index (χ0v) is 14.1. The van der Waals surface area contributed by atoms with Gasteiger partial charge in [-0.1, -0.05) is 0 Å². The summed E-state index contributed by atoms with van der Waals surface area (Å²) in [6.45, 7) is 1.87. The molecule has 2 aromatic rings. The van der Waals surface area contributed by atoms with Crippen LogP contribution >= 0.6 is 0 Å². The normalized spacial score (nSPS) is 17.1. The number of pyridine rings is 2. The number of anilines is 1. The standard InChI is InChI=1S/C18H22N4O2/c1-21(2)17-5-9-20-11-16(17)18(23)22-10-6-15(12-22)24-13-14-3-7-19-8-4-14/h3-5,7-9,11,15H,6,10,12-13H2,1-2H3. The largest absolute Gasteiger partial charge is 0.377 e. The molecule has 1 aliphatic rings. The second kappa shape index (κ2) is 7.40. The van der Waals surface area contributed by atoms with E-state index in [0.717, 1.165) is 17.7 Å². The van der Waals surface area contributed by atoms with Crippen molar-refractivity contribution in [2.75, 3.05) is 32.1 Å². The highest BCUT2D eigenvalue weighted by Gasteiger charge is 2.29. The molecule has 0 spiro atoms. The molecular weight excluding hydrogens is 304 g/mol. The van der Waals surface area contributed by atoms with E-state index < -0.39 is 0 Å². The topological polar surface area (TPSA) is 58.6 Å². The lowest BCUT2D eigenvalue weighted by atomic mass is 10.2. The van der Waals surface area contributed by atoms with Gasteiger partial charge in [0.15, 0.2) is 0 Å². The summed E-state index contributed by atoms with van der Waals surface area (Å²) in [6.07, 6.45) is 7.79. The van der Waals surface area contributed by atoms with Gasteiger partial charge in [-0.2, -0.15) is 0 Å². The molecule has 0 bridgehead atoms. The fourth-order valence-corrected chi connectivity index (χ4v) is 2.85. The molecule has 1 unspecified atom stereocenters. The smallest absolute Gasteiger partial charge is 0.257 e. The molecular formula is C18H22N4O2. The Morgan fingerprint density at radius 2 is 2.00 bits per heavy atom. The number of nitrogens with zero attached hydrogens (tertiary/aromatic N) is 4. The van der Waals surface area contributed by atoms with Crippen molar-refractivity contribution in [2.24, 2.45) is 0 Å². The van der Waals surface area contributed by atoms with E-state index in [0.29, 0.717) is 25.3 Å². The fraction of sp³-hybridized carbons (Fsp3) is 0.389. The van der Waals surface area contributed by atoms with E-state index in [1.165, 1.54) is 0 Å². The van der Waals surface area contributed by atoms with Gasteiger partial charge in [0.25, 0.3) is 5.91 Å². The van der Waals surface area contributed by atoms with Crippen molar-refractivity contribution in [3.05, 3.63) is 54.1 Å². The van der Waals surface area contributed by atoms with Crippen LogP contribution in [-0.2, 0) is 11.3 Å². The maximum absolute atomic E-state index is 12.8. The van der Waals surface area contributed by atoms with Crippen molar-refractivity contribution < 1.29 is 9.53 Å². The lowest BCUT2D eigenvalue weighted by Crippen LogP contribution is -2.31. The van der Waals surface area contributed by atoms with Crippen LogP contribution in [0.2, 0.25) is 0 Å². The van der Waals surface area contributed by atoms with Crippen LogP contribution in [0.25, 0.3) is 0 Å². The van der Waals surface area contributed by atoms with Crippen LogP contribution in [0.5, 0.6) is 0 Å². The second-order valence-electron chi connectivity index (χ2n) is 6.12. The number of hydrogen-bond acceptors (Lipinski definition) is 5. The third-order valence-electron chi connectivity index (χ3n) is 4.18. The lowest BCUT2D eigenvalue weighted by molar-refractivity contribution is 0.0437. The maximum atomic E-state index is 12.8. The molecule has 0 radical (unpaired) electrons. The monoisotopic (exact) mass is 326 g/mol. The molecule has 0 N–H and O–H groups in total. The van der Waals surface area contributed by atoms with Crippen molar-refractivity contribution in [1.29, 1.82) is 0 Å². The van der Waals surface area contributed by atoms with E-state index in [4.69, 9.17) is 4.74 Å². The summed E-state index contributed by atoms with van der Waals surface area (Å²) in [5, 5.41) is 0. The van der Waals surface area contributed by atoms with Gasteiger partial charge in [-0.3, -0.25) is 14.8 Å². The van der Waals surface area contributed by atoms with Gasteiger partial charge >= 0.3 is 0 Å². The quantitative estimate of drug-likeness (QED) is 0.841. The van der Waals surface area contributed by atoms with Crippen LogP contribution in [0, 0.1) is 0 Å². The number of amides is 1. The molecule has 6 heteroatoms. The van der Waals surface area contributed by atoms with Crippen LogP contribution < -0.4 is 4.90 Å². The SMILES string of the molecule is CN(C)c1ccncc1C(=O)N1CCC(OCc2ccncc2)C1. The molecule has 24 heavy (non-hydrogen) atoms. The van der Waals surface area contributed by atoms with E-state index in [2.05, 4.69) is 9.97 Å². The van der Waals surface area contributed by atoms with E-state index in [1.807, 2.05) is 42.1 Å². The fourth-order valence-electron chi connectivity index (χ4n) is 2.85. The Kier molecular flexibility index (Phi) is 5.05.